The summed E-state index contributed by atoms with van der Waals surface area (Å²) in [7, 11) is 0. The zero-order valence-electron chi connectivity index (χ0n) is 17.3. The van der Waals surface area contributed by atoms with Gasteiger partial charge in [-0.05, 0) is 37.1 Å². The Morgan fingerprint density at radius 1 is 1.10 bits per heavy atom. The van der Waals surface area contributed by atoms with Gasteiger partial charge in [-0.1, -0.05) is 48.5 Å². The minimum absolute atomic E-state index is 0.0383. The Morgan fingerprint density at radius 2 is 1.87 bits per heavy atom. The zero-order chi connectivity index (χ0) is 21.0. The molecule has 0 aliphatic rings. The molecule has 0 saturated carbocycles. The summed E-state index contributed by atoms with van der Waals surface area (Å²) in [5, 5.41) is 14.7. The zero-order valence-corrected chi connectivity index (χ0v) is 17.3. The molecule has 4 rings (SSSR count). The molecule has 0 saturated heterocycles. The highest BCUT2D eigenvalue weighted by Crippen LogP contribution is 2.24. The van der Waals surface area contributed by atoms with Crippen LogP contribution >= 0.6 is 0 Å². The topological polar surface area (TPSA) is 85.6 Å². The molecule has 6 nitrogen and oxygen atoms in total. The van der Waals surface area contributed by atoms with Crippen molar-refractivity contribution in [3.8, 4) is 0 Å². The van der Waals surface area contributed by atoms with E-state index >= 15 is 0 Å². The third kappa shape index (κ3) is 4.28. The van der Waals surface area contributed by atoms with Crippen LogP contribution < -0.4 is 10.6 Å². The van der Waals surface area contributed by atoms with Crippen LogP contribution in [0.25, 0.3) is 10.9 Å². The van der Waals surface area contributed by atoms with Gasteiger partial charge in [-0.25, -0.2) is 0 Å². The largest absolute Gasteiger partial charge is 0.361 e. The molecule has 0 bridgehead atoms. The Hall–Kier alpha value is -3.38. The average molecular weight is 402 g/mol. The van der Waals surface area contributed by atoms with Crippen molar-refractivity contribution in [2.75, 3.05) is 0 Å². The van der Waals surface area contributed by atoms with Gasteiger partial charge >= 0.3 is 0 Å². The van der Waals surface area contributed by atoms with E-state index in [0.717, 1.165) is 27.7 Å². The predicted octanol–water partition coefficient (Wildman–Crippen LogP) is 3.86. The maximum absolute atomic E-state index is 13.5. The first kappa shape index (κ1) is 19.9. The van der Waals surface area contributed by atoms with Crippen molar-refractivity contribution < 1.29 is 4.79 Å². The molecule has 6 heteroatoms. The van der Waals surface area contributed by atoms with E-state index in [1.807, 2.05) is 74.6 Å². The second-order valence-corrected chi connectivity index (χ2v) is 7.91. The molecule has 4 N–H and O–H groups in total. The lowest BCUT2D eigenvalue weighted by molar-refractivity contribution is -0.127. The third-order valence-corrected chi connectivity index (χ3v) is 5.59. The summed E-state index contributed by atoms with van der Waals surface area (Å²) in [6, 6.07) is 20.0. The van der Waals surface area contributed by atoms with Crippen molar-refractivity contribution in [1.29, 1.82) is 0 Å². The van der Waals surface area contributed by atoms with Crippen LogP contribution in [-0.4, -0.2) is 26.6 Å². The molecular formula is C24H27N5O. The van der Waals surface area contributed by atoms with E-state index < -0.39 is 5.54 Å². The van der Waals surface area contributed by atoms with Crippen LogP contribution in [0.1, 0.15) is 36.7 Å². The SMILES string of the molecule is C[C@H](NC(=O)[C@@](C)(Cc1c[nH]c2ccccc12)NCc1ccn[nH]1)c1ccccc1. The molecule has 2 aromatic carbocycles. The number of rotatable bonds is 8. The highest BCUT2D eigenvalue weighted by atomic mass is 16.2. The predicted molar refractivity (Wildman–Crippen MR) is 119 cm³/mol. The Morgan fingerprint density at radius 3 is 2.63 bits per heavy atom. The summed E-state index contributed by atoms with van der Waals surface area (Å²) in [6.45, 7) is 4.48. The molecular weight excluding hydrogens is 374 g/mol. The third-order valence-electron chi connectivity index (χ3n) is 5.59. The number of carbonyl (C=O) groups is 1. The Labute approximate surface area is 176 Å². The molecule has 2 heterocycles. The van der Waals surface area contributed by atoms with Crippen molar-refractivity contribution in [3.05, 3.63) is 89.9 Å². The first-order valence-corrected chi connectivity index (χ1v) is 10.2. The summed E-state index contributed by atoms with van der Waals surface area (Å²) < 4.78 is 0. The van der Waals surface area contributed by atoms with Crippen LogP contribution in [0.15, 0.2) is 73.1 Å². The lowest BCUT2D eigenvalue weighted by Crippen LogP contribution is -2.56. The second kappa shape index (κ2) is 8.55. The fourth-order valence-electron chi connectivity index (χ4n) is 3.74. The van der Waals surface area contributed by atoms with E-state index in [4.69, 9.17) is 0 Å². The van der Waals surface area contributed by atoms with Gasteiger partial charge in [-0.2, -0.15) is 5.10 Å². The summed E-state index contributed by atoms with van der Waals surface area (Å²) in [5.74, 6) is -0.0383. The standard InChI is InChI=1S/C24H27N5O/c1-17(18-8-4-3-5-9-18)28-23(30)24(2,26-16-20-12-13-27-29-20)14-19-15-25-22-11-7-6-10-21(19)22/h3-13,15,17,25-26H,14,16H2,1-2H3,(H,27,29)(H,28,30)/t17-,24+/m0/s1. The van der Waals surface area contributed by atoms with Gasteiger partial charge in [-0.3, -0.25) is 15.2 Å². The Kier molecular flexibility index (Phi) is 5.68. The maximum atomic E-state index is 13.5. The average Bonchev–Trinajstić information content (AvgIpc) is 3.43. The molecule has 30 heavy (non-hydrogen) atoms. The van der Waals surface area contributed by atoms with Crippen molar-refractivity contribution in [2.45, 2.75) is 38.4 Å². The highest BCUT2D eigenvalue weighted by Gasteiger charge is 2.34. The molecule has 2 atom stereocenters. The molecule has 0 unspecified atom stereocenters. The number of hydrogen-bond acceptors (Lipinski definition) is 3. The number of hydrogen-bond donors (Lipinski definition) is 4. The van der Waals surface area contributed by atoms with Crippen LogP contribution in [0.5, 0.6) is 0 Å². The van der Waals surface area contributed by atoms with Gasteiger partial charge in [-0.15, -0.1) is 0 Å². The second-order valence-electron chi connectivity index (χ2n) is 7.91. The van der Waals surface area contributed by atoms with E-state index in [-0.39, 0.29) is 11.9 Å². The Bertz CT molecular complexity index is 1100. The van der Waals surface area contributed by atoms with Crippen LogP contribution in [0.3, 0.4) is 0 Å². The van der Waals surface area contributed by atoms with Gasteiger partial charge in [0, 0.05) is 42.0 Å². The number of aromatic nitrogens is 3. The van der Waals surface area contributed by atoms with Gasteiger partial charge in [0.2, 0.25) is 5.91 Å². The fourth-order valence-corrected chi connectivity index (χ4v) is 3.74. The van der Waals surface area contributed by atoms with Crippen LogP contribution in [0.4, 0.5) is 0 Å². The molecule has 0 fully saturated rings. The van der Waals surface area contributed by atoms with E-state index in [1.165, 1.54) is 0 Å². The number of para-hydroxylation sites is 1. The van der Waals surface area contributed by atoms with Gasteiger partial charge in [0.1, 0.15) is 0 Å². The number of amides is 1. The van der Waals surface area contributed by atoms with Crippen molar-refractivity contribution in [3.63, 3.8) is 0 Å². The van der Waals surface area contributed by atoms with Crippen molar-refractivity contribution in [1.82, 2.24) is 25.8 Å². The van der Waals surface area contributed by atoms with Crippen molar-refractivity contribution in [2.24, 2.45) is 0 Å². The molecule has 2 aromatic heterocycles. The minimum Gasteiger partial charge on any atom is -0.361 e. The molecule has 154 valence electrons. The highest BCUT2D eigenvalue weighted by molar-refractivity contribution is 5.89. The number of fused-ring (bicyclic) bond motifs is 1. The summed E-state index contributed by atoms with van der Waals surface area (Å²) in [4.78, 5) is 16.8. The summed E-state index contributed by atoms with van der Waals surface area (Å²) in [6.07, 6.45) is 4.26. The van der Waals surface area contributed by atoms with Crippen LogP contribution in [-0.2, 0) is 17.8 Å². The molecule has 4 aromatic rings. The van der Waals surface area contributed by atoms with Gasteiger partial charge in [0.25, 0.3) is 0 Å². The molecule has 0 radical (unpaired) electrons. The number of H-pyrrole nitrogens is 2. The van der Waals surface area contributed by atoms with E-state index in [2.05, 4.69) is 31.9 Å². The molecule has 0 aliphatic carbocycles. The fraction of sp³-hybridized carbons (Fsp3) is 0.250. The first-order valence-electron chi connectivity index (χ1n) is 10.2. The smallest absolute Gasteiger partial charge is 0.240 e. The lowest BCUT2D eigenvalue weighted by Gasteiger charge is -2.31. The number of nitrogens with zero attached hydrogens (tertiary/aromatic N) is 1. The Balaban J connectivity index is 1.58. The summed E-state index contributed by atoms with van der Waals surface area (Å²) in [5.41, 5.74) is 3.38. The van der Waals surface area contributed by atoms with E-state index in [0.29, 0.717) is 13.0 Å². The summed E-state index contributed by atoms with van der Waals surface area (Å²) >= 11 is 0. The van der Waals surface area contributed by atoms with Gasteiger partial charge in [0.15, 0.2) is 0 Å². The van der Waals surface area contributed by atoms with Crippen LogP contribution in [0.2, 0.25) is 0 Å². The lowest BCUT2D eigenvalue weighted by atomic mass is 9.90. The monoisotopic (exact) mass is 401 g/mol. The quantitative estimate of drug-likeness (QED) is 0.362. The number of benzene rings is 2. The van der Waals surface area contributed by atoms with E-state index in [1.54, 1.807) is 6.20 Å². The molecule has 0 spiro atoms. The molecule has 1 amide bonds. The first-order chi connectivity index (χ1) is 14.5. The van der Waals surface area contributed by atoms with Gasteiger partial charge < -0.3 is 10.3 Å². The number of nitrogens with one attached hydrogen (secondary N) is 4. The molecule has 0 aliphatic heterocycles. The normalized spacial score (nSPS) is 14.3. The van der Waals surface area contributed by atoms with Gasteiger partial charge in [0.05, 0.1) is 11.6 Å². The van der Waals surface area contributed by atoms with Crippen molar-refractivity contribution >= 4 is 16.8 Å². The number of carbonyl (C=O) groups excluding carboxylic acids is 1. The van der Waals surface area contributed by atoms with Crippen LogP contribution in [0, 0.1) is 0 Å². The van der Waals surface area contributed by atoms with E-state index in [9.17, 15) is 4.79 Å². The minimum atomic E-state index is -0.806. The maximum Gasteiger partial charge on any atom is 0.240 e. The number of aromatic amines is 2.